The molecule has 3 rings (SSSR count). The number of nitrogens with two attached hydrogens (primary N) is 1. The lowest BCUT2D eigenvalue weighted by Crippen LogP contribution is -2.24. The van der Waals surface area contributed by atoms with E-state index in [9.17, 15) is 29.0 Å². The Morgan fingerprint density at radius 3 is 2.43 bits per heavy atom. The number of aromatic amines is 1. The van der Waals surface area contributed by atoms with E-state index in [1.165, 1.54) is 12.5 Å². The van der Waals surface area contributed by atoms with Gasteiger partial charge in [-0.3, -0.25) is 4.79 Å². The standard InChI is InChI=1S/C21H23FN2O6/c22-13-6-7-14(12(8-13)10-30-9-11-4-2-1-3-5-11)15-16(20(26)27)18(23)24-19(25)17(15)21(28)29/h6-8,11H,1-5,9-10H2,(H,26,27)(H,28,29)(H3,23,24,25). The van der Waals surface area contributed by atoms with Crippen LogP contribution >= 0.6 is 0 Å². The van der Waals surface area contributed by atoms with Crippen molar-refractivity contribution < 1.29 is 28.9 Å². The fourth-order valence-corrected chi connectivity index (χ4v) is 3.93. The van der Waals surface area contributed by atoms with E-state index in [4.69, 9.17) is 10.5 Å². The van der Waals surface area contributed by atoms with Crippen molar-refractivity contribution in [3.05, 3.63) is 51.1 Å². The number of ether oxygens (including phenoxy) is 1. The maximum atomic E-state index is 13.9. The van der Waals surface area contributed by atoms with Gasteiger partial charge in [0.15, 0.2) is 0 Å². The summed E-state index contributed by atoms with van der Waals surface area (Å²) in [6.07, 6.45) is 5.56. The van der Waals surface area contributed by atoms with Gasteiger partial charge in [-0.1, -0.05) is 25.3 Å². The average Bonchev–Trinajstić information content (AvgIpc) is 2.67. The number of hydrogen-bond acceptors (Lipinski definition) is 5. The third-order valence-electron chi connectivity index (χ3n) is 5.34. The highest BCUT2D eigenvalue weighted by atomic mass is 19.1. The summed E-state index contributed by atoms with van der Waals surface area (Å²) in [4.78, 5) is 37.8. The van der Waals surface area contributed by atoms with Gasteiger partial charge in [0, 0.05) is 12.2 Å². The first-order valence-electron chi connectivity index (χ1n) is 9.68. The number of rotatable bonds is 7. The Bertz CT molecular complexity index is 1030. The molecule has 1 aromatic heterocycles. The molecule has 1 aliphatic carbocycles. The van der Waals surface area contributed by atoms with Crippen molar-refractivity contribution >= 4 is 17.8 Å². The van der Waals surface area contributed by atoms with E-state index in [0.29, 0.717) is 12.5 Å². The number of aromatic carboxylic acids is 2. The second kappa shape index (κ2) is 9.08. The number of hydrogen-bond donors (Lipinski definition) is 4. The third kappa shape index (κ3) is 4.51. The number of H-pyrrole nitrogens is 1. The zero-order chi connectivity index (χ0) is 21.8. The fourth-order valence-electron chi connectivity index (χ4n) is 3.93. The monoisotopic (exact) mass is 418 g/mol. The van der Waals surface area contributed by atoms with Gasteiger partial charge >= 0.3 is 11.9 Å². The number of benzene rings is 1. The van der Waals surface area contributed by atoms with Crippen LogP contribution in [0.5, 0.6) is 0 Å². The zero-order valence-corrected chi connectivity index (χ0v) is 16.2. The number of nitrogen functional groups attached to an aromatic ring is 1. The molecule has 1 heterocycles. The number of pyridine rings is 1. The van der Waals surface area contributed by atoms with Crippen LogP contribution in [0.3, 0.4) is 0 Å². The minimum Gasteiger partial charge on any atom is -0.478 e. The Kier molecular flexibility index (Phi) is 6.51. The average molecular weight is 418 g/mol. The van der Waals surface area contributed by atoms with Gasteiger partial charge in [-0.2, -0.15) is 0 Å². The summed E-state index contributed by atoms with van der Waals surface area (Å²) >= 11 is 0. The lowest BCUT2D eigenvalue weighted by molar-refractivity contribution is 0.0695. The molecule has 9 heteroatoms. The van der Waals surface area contributed by atoms with E-state index in [1.54, 1.807) is 0 Å². The van der Waals surface area contributed by atoms with E-state index in [0.717, 1.165) is 37.8 Å². The molecule has 2 aromatic rings. The molecule has 0 amide bonds. The normalized spacial score (nSPS) is 14.6. The topological polar surface area (TPSA) is 143 Å². The van der Waals surface area contributed by atoms with Gasteiger partial charge in [-0.05, 0) is 42.0 Å². The van der Waals surface area contributed by atoms with Crippen molar-refractivity contribution in [2.75, 3.05) is 12.3 Å². The molecule has 1 saturated carbocycles. The number of carboxylic acid groups (broad SMARTS) is 2. The van der Waals surface area contributed by atoms with Gasteiger partial charge in [0.1, 0.15) is 22.8 Å². The van der Waals surface area contributed by atoms with Gasteiger partial charge < -0.3 is 25.7 Å². The van der Waals surface area contributed by atoms with Crippen molar-refractivity contribution in [2.24, 2.45) is 5.92 Å². The van der Waals surface area contributed by atoms with Crippen LogP contribution < -0.4 is 11.3 Å². The first kappa shape index (κ1) is 21.5. The Hall–Kier alpha value is -3.20. The predicted molar refractivity (Wildman–Crippen MR) is 107 cm³/mol. The van der Waals surface area contributed by atoms with Crippen LogP contribution in [-0.4, -0.2) is 33.7 Å². The first-order valence-corrected chi connectivity index (χ1v) is 9.68. The fraction of sp³-hybridized carbons (Fsp3) is 0.381. The molecular formula is C21H23FN2O6. The summed E-state index contributed by atoms with van der Waals surface area (Å²) < 4.78 is 19.7. The summed E-state index contributed by atoms with van der Waals surface area (Å²) in [6, 6.07) is 3.45. The quantitative estimate of drug-likeness (QED) is 0.540. The molecule has 5 N–H and O–H groups in total. The van der Waals surface area contributed by atoms with Crippen LogP contribution in [-0.2, 0) is 11.3 Å². The van der Waals surface area contributed by atoms with Crippen molar-refractivity contribution in [3.8, 4) is 11.1 Å². The number of carboxylic acids is 2. The van der Waals surface area contributed by atoms with Crippen molar-refractivity contribution in [2.45, 2.75) is 38.7 Å². The molecular weight excluding hydrogens is 395 g/mol. The number of nitrogens with one attached hydrogen (secondary N) is 1. The van der Waals surface area contributed by atoms with Gasteiger partial charge in [-0.25, -0.2) is 14.0 Å². The van der Waals surface area contributed by atoms with E-state index in [-0.39, 0.29) is 23.3 Å². The lowest BCUT2D eigenvalue weighted by Gasteiger charge is -2.22. The van der Waals surface area contributed by atoms with Crippen LogP contribution in [0.4, 0.5) is 10.2 Å². The van der Waals surface area contributed by atoms with Crippen LogP contribution in [0.25, 0.3) is 11.1 Å². The molecule has 1 aliphatic rings. The second-order valence-corrected chi connectivity index (χ2v) is 7.42. The van der Waals surface area contributed by atoms with Gasteiger partial charge in [0.05, 0.1) is 6.61 Å². The largest absolute Gasteiger partial charge is 0.478 e. The molecule has 0 radical (unpaired) electrons. The molecule has 0 unspecified atom stereocenters. The highest BCUT2D eigenvalue weighted by molar-refractivity contribution is 6.07. The van der Waals surface area contributed by atoms with E-state index < -0.39 is 40.3 Å². The number of anilines is 1. The second-order valence-electron chi connectivity index (χ2n) is 7.42. The van der Waals surface area contributed by atoms with Crippen LogP contribution in [0, 0.1) is 11.7 Å². The predicted octanol–water partition coefficient (Wildman–Crippen LogP) is 3.26. The summed E-state index contributed by atoms with van der Waals surface area (Å²) in [7, 11) is 0. The molecule has 0 atom stereocenters. The molecule has 8 nitrogen and oxygen atoms in total. The first-order chi connectivity index (χ1) is 14.3. The number of carbonyl (C=O) groups is 2. The summed E-state index contributed by atoms with van der Waals surface area (Å²) in [5.41, 5.74) is 3.24. The summed E-state index contributed by atoms with van der Waals surface area (Å²) in [5.74, 6) is -3.81. The molecule has 0 saturated heterocycles. The summed E-state index contributed by atoms with van der Waals surface area (Å²) in [6.45, 7) is 0.402. The minimum atomic E-state index is -1.62. The zero-order valence-electron chi connectivity index (χ0n) is 16.2. The number of aromatic nitrogens is 1. The Labute approximate surface area is 171 Å². The number of halogens is 1. The van der Waals surface area contributed by atoms with E-state index in [1.807, 2.05) is 0 Å². The highest BCUT2D eigenvalue weighted by Crippen LogP contribution is 2.33. The molecule has 1 aromatic carbocycles. The van der Waals surface area contributed by atoms with Crippen molar-refractivity contribution in [1.29, 1.82) is 0 Å². The molecule has 0 bridgehead atoms. The van der Waals surface area contributed by atoms with Crippen LogP contribution in [0.1, 0.15) is 58.4 Å². The highest BCUT2D eigenvalue weighted by Gasteiger charge is 2.28. The maximum Gasteiger partial charge on any atom is 0.342 e. The molecule has 160 valence electrons. The van der Waals surface area contributed by atoms with Crippen LogP contribution in [0.2, 0.25) is 0 Å². The smallest absolute Gasteiger partial charge is 0.342 e. The summed E-state index contributed by atoms with van der Waals surface area (Å²) in [5, 5.41) is 19.1. The Morgan fingerprint density at radius 1 is 1.13 bits per heavy atom. The molecule has 0 spiro atoms. The van der Waals surface area contributed by atoms with Crippen molar-refractivity contribution in [3.63, 3.8) is 0 Å². The maximum absolute atomic E-state index is 13.9. The van der Waals surface area contributed by atoms with Gasteiger partial charge in [-0.15, -0.1) is 0 Å². The van der Waals surface area contributed by atoms with E-state index in [2.05, 4.69) is 4.98 Å². The van der Waals surface area contributed by atoms with Gasteiger partial charge in [0.2, 0.25) is 0 Å². The molecule has 0 aliphatic heterocycles. The Morgan fingerprint density at radius 2 is 1.80 bits per heavy atom. The minimum absolute atomic E-state index is 0.0611. The SMILES string of the molecule is Nc1[nH]c(=O)c(C(=O)O)c(-c2ccc(F)cc2COCC2CCCCC2)c1C(=O)O. The van der Waals surface area contributed by atoms with Gasteiger partial charge in [0.25, 0.3) is 5.56 Å². The Balaban J connectivity index is 2.06. The van der Waals surface area contributed by atoms with E-state index >= 15 is 0 Å². The third-order valence-corrected chi connectivity index (χ3v) is 5.34. The lowest BCUT2D eigenvalue weighted by atomic mass is 9.90. The molecule has 30 heavy (non-hydrogen) atoms. The van der Waals surface area contributed by atoms with Crippen molar-refractivity contribution in [1.82, 2.24) is 4.98 Å². The molecule has 1 fully saturated rings. The van der Waals surface area contributed by atoms with Crippen LogP contribution in [0.15, 0.2) is 23.0 Å².